The summed E-state index contributed by atoms with van der Waals surface area (Å²) >= 11 is 0. The fourth-order valence-corrected chi connectivity index (χ4v) is 6.28. The molecule has 0 aliphatic rings. The van der Waals surface area contributed by atoms with E-state index in [2.05, 4.69) is 111 Å². The third kappa shape index (κ3) is 44.5. The van der Waals surface area contributed by atoms with Crippen molar-refractivity contribution in [2.75, 3.05) is 47.5 Å². The van der Waals surface area contributed by atoms with Crippen molar-refractivity contribution in [3.63, 3.8) is 0 Å². The van der Waals surface area contributed by atoms with E-state index in [4.69, 9.17) is 18.5 Å². The van der Waals surface area contributed by atoms with Crippen LogP contribution in [0.5, 0.6) is 0 Å². The number of carbonyl (C=O) groups is 2. The van der Waals surface area contributed by atoms with Gasteiger partial charge in [-0.05, 0) is 77.0 Å². The van der Waals surface area contributed by atoms with Crippen LogP contribution in [-0.2, 0) is 32.7 Å². The van der Waals surface area contributed by atoms with Gasteiger partial charge in [0.2, 0.25) is 0 Å². The van der Waals surface area contributed by atoms with Crippen molar-refractivity contribution in [3.05, 3.63) is 97.2 Å². The van der Waals surface area contributed by atoms with E-state index in [1.165, 1.54) is 19.3 Å². The lowest BCUT2D eigenvalue weighted by molar-refractivity contribution is -0.870. The van der Waals surface area contributed by atoms with E-state index in [9.17, 15) is 19.0 Å². The summed E-state index contributed by atoms with van der Waals surface area (Å²) in [4.78, 5) is 37.3. The minimum absolute atomic E-state index is 0.0409. The molecule has 0 rings (SSSR count). The summed E-state index contributed by atoms with van der Waals surface area (Å²) in [5, 5.41) is 0. The van der Waals surface area contributed by atoms with Crippen LogP contribution in [-0.4, -0.2) is 70.0 Å². The monoisotopic (exact) mass is 858 g/mol. The van der Waals surface area contributed by atoms with Crippen LogP contribution >= 0.6 is 7.82 Å². The number of ether oxygens (including phenoxy) is 2. The van der Waals surface area contributed by atoms with Crippen molar-refractivity contribution in [3.8, 4) is 0 Å². The van der Waals surface area contributed by atoms with Gasteiger partial charge in [-0.1, -0.05) is 162 Å². The predicted molar refractivity (Wildman–Crippen MR) is 249 cm³/mol. The zero-order valence-electron chi connectivity index (χ0n) is 38.4. The topological polar surface area (TPSA) is 111 Å². The van der Waals surface area contributed by atoms with Crippen LogP contribution in [0.3, 0.4) is 0 Å². The van der Waals surface area contributed by atoms with Gasteiger partial charge in [0.1, 0.15) is 19.8 Å². The Morgan fingerprint density at radius 2 is 0.950 bits per heavy atom. The molecule has 0 aliphatic heterocycles. The summed E-state index contributed by atoms with van der Waals surface area (Å²) in [7, 11) is 1.13. The number of hydrogen-bond acceptors (Lipinski definition) is 8. The number of hydrogen-bond donors (Lipinski definition) is 0. The minimum Gasteiger partial charge on any atom is -0.756 e. The van der Waals surface area contributed by atoms with E-state index >= 15 is 0 Å². The minimum atomic E-state index is -4.63. The maximum absolute atomic E-state index is 12.6. The SMILES string of the molecule is CC/C=C\C/C=C\C/C=C\C/C=C\C/C=C\C/C=C\C/C=C\C/C=C\CCCCCCC(=O)OC(COC(=O)CCCCCCCCC)COP(=O)([O-])OCC[N+](C)(C)C. The molecule has 60 heavy (non-hydrogen) atoms. The highest BCUT2D eigenvalue weighted by molar-refractivity contribution is 7.45. The Morgan fingerprint density at radius 1 is 0.533 bits per heavy atom. The molecule has 0 aromatic rings. The van der Waals surface area contributed by atoms with Gasteiger partial charge < -0.3 is 27.9 Å². The molecule has 2 atom stereocenters. The highest BCUT2D eigenvalue weighted by Gasteiger charge is 2.21. The molecule has 0 heterocycles. The number of quaternary nitrogens is 1. The first kappa shape index (κ1) is 56.9. The Balaban J connectivity index is 4.25. The van der Waals surface area contributed by atoms with E-state index < -0.39 is 32.5 Å². The molecule has 0 N–H and O–H groups in total. The quantitative estimate of drug-likeness (QED) is 0.0197. The Bertz CT molecular complexity index is 1340. The van der Waals surface area contributed by atoms with Crippen LogP contribution in [0.1, 0.15) is 155 Å². The van der Waals surface area contributed by atoms with Crippen molar-refractivity contribution in [2.45, 2.75) is 161 Å². The molecule has 0 fully saturated rings. The average Bonchev–Trinajstić information content (AvgIpc) is 3.20. The summed E-state index contributed by atoms with van der Waals surface area (Å²) in [6.45, 7) is 4.00. The number of likely N-dealkylation sites (N-methyl/N-ethyl adjacent to an activating group) is 1. The van der Waals surface area contributed by atoms with E-state index in [0.717, 1.165) is 103 Å². The molecule has 10 heteroatoms. The maximum atomic E-state index is 12.6. The van der Waals surface area contributed by atoms with Crippen molar-refractivity contribution in [1.29, 1.82) is 0 Å². The fraction of sp³-hybridized carbons (Fsp3) is 0.640. The Hall–Kier alpha value is -3.07. The summed E-state index contributed by atoms with van der Waals surface area (Å²) in [5.41, 5.74) is 0. The largest absolute Gasteiger partial charge is 0.756 e. The number of nitrogens with zero attached hydrogens (tertiary/aromatic N) is 1. The van der Waals surface area contributed by atoms with Crippen molar-refractivity contribution < 1.29 is 42.1 Å². The normalized spacial score (nSPS) is 14.4. The predicted octanol–water partition coefficient (Wildman–Crippen LogP) is 12.7. The fourth-order valence-electron chi connectivity index (χ4n) is 5.55. The smallest absolute Gasteiger partial charge is 0.306 e. The molecule has 0 aliphatic carbocycles. The first-order chi connectivity index (χ1) is 29.0. The molecule has 0 amide bonds. The van der Waals surface area contributed by atoms with Crippen LogP contribution in [0.4, 0.5) is 0 Å². The summed E-state index contributed by atoms with van der Waals surface area (Å²) in [6, 6.07) is 0. The number of carbonyl (C=O) groups excluding carboxylic acids is 2. The lowest BCUT2D eigenvalue weighted by Crippen LogP contribution is -2.37. The zero-order chi connectivity index (χ0) is 44.3. The second-order valence-electron chi connectivity index (χ2n) is 16.0. The number of esters is 2. The highest BCUT2D eigenvalue weighted by atomic mass is 31.2. The van der Waals surface area contributed by atoms with Gasteiger partial charge in [-0.3, -0.25) is 14.2 Å². The number of phosphoric ester groups is 1. The van der Waals surface area contributed by atoms with Crippen molar-refractivity contribution in [1.82, 2.24) is 0 Å². The van der Waals surface area contributed by atoms with Gasteiger partial charge in [0.25, 0.3) is 7.82 Å². The van der Waals surface area contributed by atoms with Crippen molar-refractivity contribution >= 4 is 19.8 Å². The molecular weight excluding hydrogens is 774 g/mol. The molecule has 2 unspecified atom stereocenters. The van der Waals surface area contributed by atoms with Gasteiger partial charge in [0.05, 0.1) is 27.7 Å². The molecule has 0 saturated carbocycles. The second-order valence-corrected chi connectivity index (χ2v) is 17.4. The number of allylic oxidation sites excluding steroid dienone is 16. The second kappa shape index (κ2) is 41.3. The number of phosphoric acid groups is 1. The maximum Gasteiger partial charge on any atom is 0.306 e. The van der Waals surface area contributed by atoms with Crippen LogP contribution in [0, 0.1) is 0 Å². The molecule has 0 bridgehead atoms. The van der Waals surface area contributed by atoms with Crippen LogP contribution in [0.15, 0.2) is 97.2 Å². The van der Waals surface area contributed by atoms with E-state index in [-0.39, 0.29) is 26.1 Å². The third-order valence-electron chi connectivity index (χ3n) is 9.12. The van der Waals surface area contributed by atoms with Crippen LogP contribution in [0.25, 0.3) is 0 Å². The summed E-state index contributed by atoms with van der Waals surface area (Å²) in [6.07, 6.45) is 54.7. The molecule has 0 saturated heterocycles. The first-order valence-corrected chi connectivity index (χ1v) is 24.4. The van der Waals surface area contributed by atoms with Crippen LogP contribution in [0.2, 0.25) is 0 Å². The molecule has 0 spiro atoms. The van der Waals surface area contributed by atoms with E-state index in [1.807, 2.05) is 21.1 Å². The number of rotatable bonds is 40. The lowest BCUT2D eigenvalue weighted by Gasteiger charge is -2.28. The lowest BCUT2D eigenvalue weighted by atomic mass is 10.1. The van der Waals surface area contributed by atoms with Gasteiger partial charge in [-0.2, -0.15) is 0 Å². The first-order valence-electron chi connectivity index (χ1n) is 22.9. The summed E-state index contributed by atoms with van der Waals surface area (Å²) < 4.78 is 33.7. The van der Waals surface area contributed by atoms with Crippen molar-refractivity contribution in [2.24, 2.45) is 0 Å². The van der Waals surface area contributed by atoms with Gasteiger partial charge in [0, 0.05) is 12.8 Å². The Kier molecular flexibility index (Phi) is 39.2. The molecule has 342 valence electrons. The van der Waals surface area contributed by atoms with E-state index in [1.54, 1.807) is 0 Å². The summed E-state index contributed by atoms with van der Waals surface area (Å²) in [5.74, 6) is -0.880. The van der Waals surface area contributed by atoms with Gasteiger partial charge in [-0.25, -0.2) is 0 Å². The van der Waals surface area contributed by atoms with Crippen LogP contribution < -0.4 is 4.89 Å². The Morgan fingerprint density at radius 3 is 1.42 bits per heavy atom. The molecule has 9 nitrogen and oxygen atoms in total. The Labute approximate surface area is 366 Å². The van der Waals surface area contributed by atoms with E-state index in [0.29, 0.717) is 17.4 Å². The molecule has 0 aromatic heterocycles. The van der Waals surface area contributed by atoms with Gasteiger partial charge in [0.15, 0.2) is 6.10 Å². The third-order valence-corrected chi connectivity index (χ3v) is 10.1. The zero-order valence-corrected chi connectivity index (χ0v) is 39.3. The molecular formula is C50H84NO8P. The highest BCUT2D eigenvalue weighted by Crippen LogP contribution is 2.38. The number of unbranched alkanes of at least 4 members (excludes halogenated alkanes) is 10. The molecule has 0 radical (unpaired) electrons. The van der Waals surface area contributed by atoms with Gasteiger partial charge in [-0.15, -0.1) is 0 Å². The average molecular weight is 858 g/mol. The standard InChI is InChI=1S/C50H84NO8P/c1-6-8-10-12-14-15-16-17-18-19-20-21-22-23-24-25-26-27-28-29-30-31-32-33-34-35-37-39-41-43-50(53)59-48(47-58-60(54,55)57-45-44-51(3,4)5)46-56-49(52)42-40-38-36-13-11-9-7-2/h8,10,14-15,17-18,20-21,23-24,26-27,29-30,32-33,48H,6-7,9,11-13,16,19,22,25,28,31,34-47H2,1-5H3/b10-8-,15-14-,18-17-,21-20-,24-23-,27-26-,30-29-,33-32-. The molecule has 0 aromatic carbocycles. The van der Waals surface area contributed by atoms with Gasteiger partial charge >= 0.3 is 11.9 Å².